The molecular formula is C15H10N2. The predicted molar refractivity (Wildman–Crippen MR) is 71.1 cm³/mol. The molecule has 1 heterocycles. The highest BCUT2D eigenvalue weighted by Crippen LogP contribution is 2.29. The van der Waals surface area contributed by atoms with Gasteiger partial charge in [-0.1, -0.05) is 42.5 Å². The number of aromatic nitrogens is 2. The molecule has 0 aliphatic heterocycles. The number of nitrogens with one attached hydrogen (secondary N) is 1. The predicted octanol–water partition coefficient (Wildman–Crippen LogP) is 3.87. The molecule has 0 radical (unpaired) electrons. The van der Waals surface area contributed by atoms with Crippen molar-refractivity contribution in [1.29, 1.82) is 0 Å². The zero-order chi connectivity index (χ0) is 11.2. The average molecular weight is 218 g/mol. The third-order valence-electron chi connectivity index (χ3n) is 3.31. The highest BCUT2D eigenvalue weighted by molar-refractivity contribution is 6.15. The molecule has 4 aromatic rings. The summed E-state index contributed by atoms with van der Waals surface area (Å²) in [5, 5.41) is 5.04. The van der Waals surface area contributed by atoms with Gasteiger partial charge in [0.2, 0.25) is 0 Å². The van der Waals surface area contributed by atoms with Gasteiger partial charge in [0.25, 0.3) is 0 Å². The van der Waals surface area contributed by atoms with E-state index in [1.54, 1.807) is 6.33 Å². The Balaban J connectivity index is 2.34. The van der Waals surface area contributed by atoms with Crippen LogP contribution >= 0.6 is 0 Å². The topological polar surface area (TPSA) is 28.7 Å². The number of nitrogens with zero attached hydrogens (tertiary/aromatic N) is 1. The smallest absolute Gasteiger partial charge is 0.0961 e. The Hall–Kier alpha value is -2.35. The second-order valence-electron chi connectivity index (χ2n) is 4.25. The van der Waals surface area contributed by atoms with E-state index in [-0.39, 0.29) is 0 Å². The minimum absolute atomic E-state index is 1.05. The van der Waals surface area contributed by atoms with Gasteiger partial charge in [-0.3, -0.25) is 0 Å². The molecule has 0 bridgehead atoms. The van der Waals surface area contributed by atoms with E-state index >= 15 is 0 Å². The zero-order valence-electron chi connectivity index (χ0n) is 9.14. The fraction of sp³-hybridized carbons (Fsp3) is 0. The molecule has 2 heteroatoms. The first-order chi connectivity index (χ1) is 8.43. The number of hydrogen-bond acceptors (Lipinski definition) is 1. The van der Waals surface area contributed by atoms with Gasteiger partial charge in [-0.2, -0.15) is 0 Å². The molecule has 3 aromatic carbocycles. The molecule has 0 saturated carbocycles. The third kappa shape index (κ3) is 1.12. The Bertz CT molecular complexity index is 843. The second kappa shape index (κ2) is 3.08. The Kier molecular flexibility index (Phi) is 1.59. The van der Waals surface area contributed by atoms with Gasteiger partial charge in [-0.15, -0.1) is 0 Å². The summed E-state index contributed by atoms with van der Waals surface area (Å²) in [6, 6.07) is 17.0. The first-order valence-electron chi connectivity index (χ1n) is 5.67. The molecule has 1 N–H and O–H groups in total. The van der Waals surface area contributed by atoms with E-state index in [1.807, 2.05) is 0 Å². The fourth-order valence-electron chi connectivity index (χ4n) is 2.49. The van der Waals surface area contributed by atoms with Crippen LogP contribution in [0.1, 0.15) is 0 Å². The fourth-order valence-corrected chi connectivity index (χ4v) is 2.49. The van der Waals surface area contributed by atoms with Crippen molar-refractivity contribution in [2.24, 2.45) is 0 Å². The SMILES string of the molecule is c1ccc2c(c1)ccc1c2ccc2[nH]cnc21. The van der Waals surface area contributed by atoms with E-state index in [4.69, 9.17) is 0 Å². The van der Waals surface area contributed by atoms with E-state index in [1.165, 1.54) is 21.5 Å². The number of hydrogen-bond donors (Lipinski definition) is 1. The van der Waals surface area contributed by atoms with Crippen LogP contribution in [0.15, 0.2) is 54.9 Å². The van der Waals surface area contributed by atoms with Crippen LogP contribution in [-0.4, -0.2) is 9.97 Å². The first kappa shape index (κ1) is 8.76. The summed E-state index contributed by atoms with van der Waals surface area (Å²) < 4.78 is 0. The molecular weight excluding hydrogens is 208 g/mol. The maximum absolute atomic E-state index is 4.40. The zero-order valence-corrected chi connectivity index (χ0v) is 9.14. The Morgan fingerprint density at radius 1 is 0.765 bits per heavy atom. The van der Waals surface area contributed by atoms with Crippen molar-refractivity contribution in [1.82, 2.24) is 9.97 Å². The van der Waals surface area contributed by atoms with Crippen LogP contribution in [0, 0.1) is 0 Å². The third-order valence-corrected chi connectivity index (χ3v) is 3.31. The van der Waals surface area contributed by atoms with Gasteiger partial charge < -0.3 is 4.98 Å². The number of aromatic amines is 1. The van der Waals surface area contributed by atoms with E-state index in [2.05, 4.69) is 58.5 Å². The summed E-state index contributed by atoms with van der Waals surface area (Å²) in [6.45, 7) is 0. The summed E-state index contributed by atoms with van der Waals surface area (Å²) in [5.41, 5.74) is 2.14. The molecule has 1 aromatic heterocycles. The molecule has 0 spiro atoms. The highest BCUT2D eigenvalue weighted by Gasteiger charge is 2.05. The Labute approximate surface area is 97.9 Å². The molecule has 0 atom stereocenters. The van der Waals surface area contributed by atoms with Crippen LogP contribution in [0.3, 0.4) is 0 Å². The molecule has 4 rings (SSSR count). The van der Waals surface area contributed by atoms with Crippen LogP contribution in [-0.2, 0) is 0 Å². The van der Waals surface area contributed by atoms with Crippen LogP contribution in [0.4, 0.5) is 0 Å². The summed E-state index contributed by atoms with van der Waals surface area (Å²) in [5.74, 6) is 0. The molecule has 0 unspecified atom stereocenters. The minimum Gasteiger partial charge on any atom is -0.345 e. The molecule has 0 saturated heterocycles. The quantitative estimate of drug-likeness (QED) is 0.446. The second-order valence-corrected chi connectivity index (χ2v) is 4.25. The molecule has 17 heavy (non-hydrogen) atoms. The highest BCUT2D eigenvalue weighted by atomic mass is 14.9. The van der Waals surface area contributed by atoms with E-state index < -0.39 is 0 Å². The molecule has 0 aliphatic rings. The molecule has 80 valence electrons. The van der Waals surface area contributed by atoms with Crippen molar-refractivity contribution in [3.05, 3.63) is 54.9 Å². The lowest BCUT2D eigenvalue weighted by Crippen LogP contribution is -1.79. The van der Waals surface area contributed by atoms with Gasteiger partial charge in [0.1, 0.15) is 0 Å². The first-order valence-corrected chi connectivity index (χ1v) is 5.67. The summed E-state index contributed by atoms with van der Waals surface area (Å²) in [7, 11) is 0. The lowest BCUT2D eigenvalue weighted by molar-refractivity contribution is 1.35. The molecule has 2 nitrogen and oxygen atoms in total. The van der Waals surface area contributed by atoms with Crippen molar-refractivity contribution in [2.45, 2.75) is 0 Å². The largest absolute Gasteiger partial charge is 0.345 e. The number of imidazole rings is 1. The van der Waals surface area contributed by atoms with Crippen LogP contribution in [0.2, 0.25) is 0 Å². The number of fused-ring (bicyclic) bond motifs is 5. The van der Waals surface area contributed by atoms with Crippen molar-refractivity contribution in [3.8, 4) is 0 Å². The summed E-state index contributed by atoms with van der Waals surface area (Å²) >= 11 is 0. The van der Waals surface area contributed by atoms with Crippen molar-refractivity contribution in [3.63, 3.8) is 0 Å². The molecule has 0 amide bonds. The van der Waals surface area contributed by atoms with Gasteiger partial charge in [-0.05, 0) is 22.2 Å². The molecule has 0 fully saturated rings. The maximum Gasteiger partial charge on any atom is 0.0961 e. The Morgan fingerprint density at radius 2 is 1.65 bits per heavy atom. The van der Waals surface area contributed by atoms with Gasteiger partial charge in [0.05, 0.1) is 17.4 Å². The number of rotatable bonds is 0. The molecule has 0 aliphatic carbocycles. The van der Waals surface area contributed by atoms with Gasteiger partial charge >= 0.3 is 0 Å². The van der Waals surface area contributed by atoms with Gasteiger partial charge in [0, 0.05) is 5.39 Å². The minimum atomic E-state index is 1.05. The normalized spacial score (nSPS) is 11.5. The van der Waals surface area contributed by atoms with Crippen LogP contribution in [0.5, 0.6) is 0 Å². The van der Waals surface area contributed by atoms with Crippen molar-refractivity contribution < 1.29 is 0 Å². The number of H-pyrrole nitrogens is 1. The van der Waals surface area contributed by atoms with Crippen LogP contribution in [0.25, 0.3) is 32.6 Å². The van der Waals surface area contributed by atoms with Crippen LogP contribution < -0.4 is 0 Å². The van der Waals surface area contributed by atoms with Crippen molar-refractivity contribution >= 4 is 32.6 Å². The summed E-state index contributed by atoms with van der Waals surface area (Å²) in [4.78, 5) is 7.55. The van der Waals surface area contributed by atoms with Crippen molar-refractivity contribution in [2.75, 3.05) is 0 Å². The monoisotopic (exact) mass is 218 g/mol. The standard InChI is InChI=1S/C15H10N2/c1-2-4-11-10(3-1)5-6-13-12(11)7-8-14-15(13)17-9-16-14/h1-9H,(H,16,17). The van der Waals surface area contributed by atoms with E-state index in [9.17, 15) is 0 Å². The van der Waals surface area contributed by atoms with E-state index in [0.717, 1.165) is 11.0 Å². The van der Waals surface area contributed by atoms with Gasteiger partial charge in [-0.25, -0.2) is 4.98 Å². The lowest BCUT2D eigenvalue weighted by atomic mass is 10.0. The maximum atomic E-state index is 4.40. The Morgan fingerprint density at radius 3 is 2.65 bits per heavy atom. The summed E-state index contributed by atoms with van der Waals surface area (Å²) in [6.07, 6.45) is 1.75. The lowest BCUT2D eigenvalue weighted by Gasteiger charge is -2.03. The number of benzene rings is 3. The average Bonchev–Trinajstić information content (AvgIpc) is 2.86. The van der Waals surface area contributed by atoms with Gasteiger partial charge in [0.15, 0.2) is 0 Å². The van der Waals surface area contributed by atoms with E-state index in [0.29, 0.717) is 0 Å².